The molecule has 1 unspecified atom stereocenters. The van der Waals surface area contributed by atoms with E-state index in [-0.39, 0.29) is 5.91 Å². The minimum absolute atomic E-state index is 0.313. The van der Waals surface area contributed by atoms with E-state index < -0.39 is 17.3 Å². The molecule has 3 N–H and O–H groups in total. The Balaban J connectivity index is 1.47. The molecule has 9 heteroatoms. The molecule has 4 rings (SSSR count). The number of nitrogens with zero attached hydrogens (tertiary/aromatic N) is 2. The van der Waals surface area contributed by atoms with Gasteiger partial charge in [0.2, 0.25) is 5.91 Å². The minimum Gasteiger partial charge on any atom is -0.408 e. The first-order chi connectivity index (χ1) is 16.4. The van der Waals surface area contributed by atoms with Gasteiger partial charge in [-0.15, -0.1) is 0 Å². The fourth-order valence-corrected chi connectivity index (χ4v) is 4.10. The van der Waals surface area contributed by atoms with Crippen molar-refractivity contribution in [1.29, 1.82) is 5.26 Å². The van der Waals surface area contributed by atoms with Crippen molar-refractivity contribution in [2.24, 2.45) is 5.73 Å². The molecule has 9 nitrogen and oxygen atoms in total. The van der Waals surface area contributed by atoms with Gasteiger partial charge in [-0.1, -0.05) is 30.3 Å². The Hall–Kier alpha value is -3.45. The molecule has 1 atom stereocenters. The maximum Gasteiger partial charge on any atom is 0.420 e. The predicted octanol–water partition coefficient (Wildman–Crippen LogP) is 1.97. The highest BCUT2D eigenvalue weighted by molar-refractivity contribution is 5.86. The van der Waals surface area contributed by atoms with E-state index in [1.165, 1.54) is 0 Å². The summed E-state index contributed by atoms with van der Waals surface area (Å²) in [5, 5.41) is 12.3. The number of fused-ring (bicyclic) bond motifs is 1. The van der Waals surface area contributed by atoms with Gasteiger partial charge in [0.05, 0.1) is 30.3 Å². The number of carbonyl (C=O) groups excluding carboxylic acids is 1. The summed E-state index contributed by atoms with van der Waals surface area (Å²) in [6, 6.07) is 14.8. The van der Waals surface area contributed by atoms with Crippen LogP contribution in [0.2, 0.25) is 0 Å². The Labute approximate surface area is 197 Å². The fourth-order valence-electron chi connectivity index (χ4n) is 4.10. The maximum atomic E-state index is 12.6. The van der Waals surface area contributed by atoms with Crippen LogP contribution in [0.25, 0.3) is 22.2 Å². The van der Waals surface area contributed by atoms with Crippen molar-refractivity contribution in [2.45, 2.75) is 37.4 Å². The van der Waals surface area contributed by atoms with Gasteiger partial charge in [0, 0.05) is 26.7 Å². The zero-order valence-corrected chi connectivity index (χ0v) is 19.1. The Morgan fingerprint density at radius 1 is 1.24 bits per heavy atom. The first-order valence-corrected chi connectivity index (χ1v) is 11.2. The molecule has 1 saturated heterocycles. The van der Waals surface area contributed by atoms with E-state index in [2.05, 4.69) is 11.4 Å². The Morgan fingerprint density at radius 2 is 1.94 bits per heavy atom. The van der Waals surface area contributed by atoms with Gasteiger partial charge in [-0.3, -0.25) is 9.36 Å². The summed E-state index contributed by atoms with van der Waals surface area (Å²) in [7, 11) is 1.58. The van der Waals surface area contributed by atoms with E-state index in [1.54, 1.807) is 17.7 Å². The van der Waals surface area contributed by atoms with E-state index in [0.29, 0.717) is 56.7 Å². The number of nitriles is 1. The van der Waals surface area contributed by atoms with Gasteiger partial charge in [0.1, 0.15) is 6.04 Å². The van der Waals surface area contributed by atoms with Crippen molar-refractivity contribution in [2.75, 3.05) is 26.9 Å². The third-order valence-corrected chi connectivity index (χ3v) is 6.21. The molecule has 0 saturated carbocycles. The van der Waals surface area contributed by atoms with Crippen LogP contribution in [-0.2, 0) is 27.2 Å². The second-order valence-corrected chi connectivity index (χ2v) is 8.52. The average Bonchev–Trinajstić information content (AvgIpc) is 3.17. The van der Waals surface area contributed by atoms with Crippen molar-refractivity contribution < 1.29 is 18.7 Å². The predicted molar refractivity (Wildman–Crippen MR) is 126 cm³/mol. The molecule has 2 aromatic carbocycles. The monoisotopic (exact) mass is 464 g/mol. The zero-order valence-electron chi connectivity index (χ0n) is 19.1. The van der Waals surface area contributed by atoms with Crippen LogP contribution in [0.3, 0.4) is 0 Å². The molecule has 34 heavy (non-hydrogen) atoms. The number of carbonyl (C=O) groups is 1. The van der Waals surface area contributed by atoms with Crippen LogP contribution in [-0.4, -0.2) is 49.0 Å². The van der Waals surface area contributed by atoms with Crippen LogP contribution >= 0.6 is 0 Å². The summed E-state index contributed by atoms with van der Waals surface area (Å²) in [4.78, 5) is 24.8. The average molecular weight is 465 g/mol. The van der Waals surface area contributed by atoms with Gasteiger partial charge in [0.25, 0.3) is 0 Å². The standard InChI is InChI=1S/C25H28N4O5/c1-32-13-10-29-21-15-19(6-7-22(21)34-24(29)31)18-4-2-17(3-5-18)14-20(16-26)28-23(30)25(27)8-11-33-12-9-25/h2-7,15,20H,8-14,27H2,1H3,(H,28,30). The van der Waals surface area contributed by atoms with Crippen molar-refractivity contribution >= 4 is 17.0 Å². The molecule has 0 aliphatic carbocycles. The normalized spacial score (nSPS) is 16.1. The van der Waals surface area contributed by atoms with E-state index >= 15 is 0 Å². The lowest BCUT2D eigenvalue weighted by atomic mass is 9.90. The molecule has 0 spiro atoms. The second-order valence-electron chi connectivity index (χ2n) is 8.52. The summed E-state index contributed by atoms with van der Waals surface area (Å²) in [5.74, 6) is -0.726. The molecular formula is C25H28N4O5. The third kappa shape index (κ3) is 5.04. The smallest absolute Gasteiger partial charge is 0.408 e. The molecule has 1 amide bonds. The number of benzene rings is 2. The number of rotatable bonds is 8. The molecule has 1 aliphatic heterocycles. The molecule has 0 bridgehead atoms. The van der Waals surface area contributed by atoms with E-state index in [1.807, 2.05) is 36.4 Å². The van der Waals surface area contributed by atoms with Crippen molar-refractivity contribution in [3.8, 4) is 17.2 Å². The van der Waals surface area contributed by atoms with Gasteiger partial charge in [-0.2, -0.15) is 5.26 Å². The van der Waals surface area contributed by atoms with Crippen molar-refractivity contribution in [3.63, 3.8) is 0 Å². The van der Waals surface area contributed by atoms with Gasteiger partial charge in [-0.25, -0.2) is 4.79 Å². The highest BCUT2D eigenvalue weighted by atomic mass is 16.5. The highest BCUT2D eigenvalue weighted by Crippen LogP contribution is 2.25. The number of oxazole rings is 1. The van der Waals surface area contributed by atoms with Gasteiger partial charge < -0.3 is 24.9 Å². The fraction of sp³-hybridized carbons (Fsp3) is 0.400. The van der Waals surface area contributed by atoms with E-state index in [4.69, 9.17) is 19.6 Å². The third-order valence-electron chi connectivity index (χ3n) is 6.21. The second kappa shape index (κ2) is 10.2. The van der Waals surface area contributed by atoms with Crippen LogP contribution in [0, 0.1) is 11.3 Å². The Morgan fingerprint density at radius 3 is 2.62 bits per heavy atom. The first-order valence-electron chi connectivity index (χ1n) is 11.2. The van der Waals surface area contributed by atoms with Crippen molar-refractivity contribution in [1.82, 2.24) is 9.88 Å². The molecule has 0 radical (unpaired) electrons. The quantitative estimate of drug-likeness (QED) is 0.521. The number of nitrogens with one attached hydrogen (secondary N) is 1. The molecular weight excluding hydrogens is 436 g/mol. The lowest BCUT2D eigenvalue weighted by Crippen LogP contribution is -2.58. The van der Waals surface area contributed by atoms with E-state index in [0.717, 1.165) is 16.7 Å². The summed E-state index contributed by atoms with van der Waals surface area (Å²) >= 11 is 0. The number of ether oxygens (including phenoxy) is 2. The van der Waals surface area contributed by atoms with Crippen LogP contribution in [0.1, 0.15) is 18.4 Å². The SMILES string of the molecule is COCCn1c(=O)oc2ccc(-c3ccc(CC(C#N)NC(=O)C4(N)CCOCC4)cc3)cc21. The summed E-state index contributed by atoms with van der Waals surface area (Å²) in [6.07, 6.45) is 1.24. The summed E-state index contributed by atoms with van der Waals surface area (Å²) in [6.45, 7) is 1.69. The number of hydrogen-bond acceptors (Lipinski definition) is 7. The number of aromatic nitrogens is 1. The molecule has 178 valence electrons. The van der Waals surface area contributed by atoms with Gasteiger partial charge >= 0.3 is 5.76 Å². The number of amides is 1. The maximum absolute atomic E-state index is 12.6. The van der Waals surface area contributed by atoms with E-state index in [9.17, 15) is 14.9 Å². The largest absolute Gasteiger partial charge is 0.420 e. The molecule has 1 aliphatic rings. The number of hydrogen-bond donors (Lipinski definition) is 2. The van der Waals surface area contributed by atoms with Crippen LogP contribution in [0.5, 0.6) is 0 Å². The summed E-state index contributed by atoms with van der Waals surface area (Å²) in [5.41, 5.74) is 9.26. The Kier molecular flexibility index (Phi) is 7.12. The highest BCUT2D eigenvalue weighted by Gasteiger charge is 2.36. The van der Waals surface area contributed by atoms with Gasteiger partial charge in [0.15, 0.2) is 5.58 Å². The zero-order chi connectivity index (χ0) is 24.1. The molecule has 3 aromatic rings. The van der Waals surface area contributed by atoms with Crippen LogP contribution in [0.4, 0.5) is 0 Å². The van der Waals surface area contributed by atoms with Crippen molar-refractivity contribution in [3.05, 3.63) is 58.6 Å². The molecule has 1 fully saturated rings. The minimum atomic E-state index is -0.993. The summed E-state index contributed by atoms with van der Waals surface area (Å²) < 4.78 is 17.2. The lowest BCUT2D eigenvalue weighted by molar-refractivity contribution is -0.130. The Bertz CT molecular complexity index is 1250. The topological polar surface area (TPSA) is 133 Å². The number of nitrogens with two attached hydrogens (primary N) is 1. The van der Waals surface area contributed by atoms with Gasteiger partial charge in [-0.05, 0) is 41.7 Å². The first kappa shape index (κ1) is 23.7. The lowest BCUT2D eigenvalue weighted by Gasteiger charge is -2.32. The number of methoxy groups -OCH3 is 1. The van der Waals surface area contributed by atoms with Crippen LogP contribution < -0.4 is 16.8 Å². The van der Waals surface area contributed by atoms with Crippen LogP contribution in [0.15, 0.2) is 51.7 Å². The molecule has 2 heterocycles. The molecule has 1 aromatic heterocycles.